The summed E-state index contributed by atoms with van der Waals surface area (Å²) in [5.41, 5.74) is 4.82. The van der Waals surface area contributed by atoms with Crippen molar-refractivity contribution in [3.63, 3.8) is 0 Å². The Hall–Kier alpha value is -1.52. The number of anilines is 1. The molecule has 0 saturated carbocycles. The molecule has 2 N–H and O–H groups in total. The van der Waals surface area contributed by atoms with E-state index >= 15 is 0 Å². The van der Waals surface area contributed by atoms with Crippen molar-refractivity contribution < 1.29 is 0 Å². The maximum absolute atomic E-state index is 5.82. The molecule has 0 unspecified atom stereocenters. The number of hydrogen-bond acceptors (Lipinski definition) is 3. The van der Waals surface area contributed by atoms with Gasteiger partial charge in [0.25, 0.3) is 0 Å². The molecular formula is C14H14ClN3S. The van der Waals surface area contributed by atoms with Crippen molar-refractivity contribution in [3.8, 4) is 0 Å². The van der Waals surface area contributed by atoms with Crippen LogP contribution in [0.1, 0.15) is 16.1 Å². The largest absolute Gasteiger partial charge is 0.380 e. The van der Waals surface area contributed by atoms with Gasteiger partial charge in [0.2, 0.25) is 0 Å². The molecule has 2 aromatic heterocycles. The van der Waals surface area contributed by atoms with E-state index in [1.54, 1.807) is 0 Å². The van der Waals surface area contributed by atoms with E-state index in [1.165, 1.54) is 33.5 Å². The van der Waals surface area contributed by atoms with Gasteiger partial charge in [-0.3, -0.25) is 0 Å². The Balaban J connectivity index is 1.83. The lowest BCUT2D eigenvalue weighted by molar-refractivity contribution is 1.18. The van der Waals surface area contributed by atoms with Crippen LogP contribution < -0.4 is 5.32 Å². The molecule has 3 aromatic rings. The highest BCUT2D eigenvalue weighted by Gasteiger charge is 2.05. The Morgan fingerprint density at radius 1 is 1.37 bits per heavy atom. The first-order chi connectivity index (χ1) is 9.13. The van der Waals surface area contributed by atoms with Gasteiger partial charge in [0.05, 0.1) is 6.54 Å². The van der Waals surface area contributed by atoms with E-state index in [-0.39, 0.29) is 0 Å². The summed E-state index contributed by atoms with van der Waals surface area (Å²) in [6.07, 6.45) is 1.81. The van der Waals surface area contributed by atoms with Crippen molar-refractivity contribution >= 4 is 39.5 Å². The van der Waals surface area contributed by atoms with E-state index < -0.39 is 0 Å². The second kappa shape index (κ2) is 4.87. The molecule has 0 saturated heterocycles. The van der Waals surface area contributed by atoms with E-state index in [9.17, 15) is 0 Å². The molecule has 0 spiro atoms. The van der Waals surface area contributed by atoms with E-state index in [1.807, 2.05) is 6.20 Å². The second-order valence-corrected chi connectivity index (χ2v) is 6.27. The summed E-state index contributed by atoms with van der Waals surface area (Å²) >= 11 is 7.32. The zero-order chi connectivity index (χ0) is 13.4. The van der Waals surface area contributed by atoms with Crippen molar-refractivity contribution in [1.29, 1.82) is 0 Å². The minimum atomic E-state index is 0.587. The van der Waals surface area contributed by atoms with Crippen LogP contribution in [0.15, 0.2) is 24.4 Å². The quantitative estimate of drug-likeness (QED) is 0.745. The van der Waals surface area contributed by atoms with Crippen LogP contribution in [-0.4, -0.2) is 9.97 Å². The Kier molecular flexibility index (Phi) is 3.21. The average molecular weight is 292 g/mol. The van der Waals surface area contributed by atoms with Gasteiger partial charge >= 0.3 is 0 Å². The predicted molar refractivity (Wildman–Crippen MR) is 82.2 cm³/mol. The highest BCUT2D eigenvalue weighted by molar-refractivity contribution is 7.15. The highest BCUT2D eigenvalue weighted by Crippen LogP contribution is 2.25. The molecule has 2 heterocycles. The number of nitrogens with one attached hydrogen (secondary N) is 2. The van der Waals surface area contributed by atoms with E-state index in [2.05, 4.69) is 47.3 Å². The Labute approximate surface area is 120 Å². The topological polar surface area (TPSA) is 40.7 Å². The lowest BCUT2D eigenvalue weighted by Gasteiger charge is -2.04. The molecule has 5 heteroatoms. The van der Waals surface area contributed by atoms with Gasteiger partial charge in [0.1, 0.15) is 0 Å². The standard InChI is InChI=1S/C14H14ClN3S/c1-8-9(2)18-13-4-3-10(5-12(8)13)16-6-11-7-17-14(15)19-11/h3-5,7,16,18H,6H2,1-2H3. The second-order valence-electron chi connectivity index (χ2n) is 4.57. The van der Waals surface area contributed by atoms with E-state index in [4.69, 9.17) is 11.6 Å². The number of aromatic nitrogens is 2. The maximum Gasteiger partial charge on any atom is 0.183 e. The summed E-state index contributed by atoms with van der Waals surface area (Å²) in [6, 6.07) is 6.37. The van der Waals surface area contributed by atoms with Gasteiger partial charge in [0.15, 0.2) is 4.47 Å². The molecule has 0 fully saturated rings. The van der Waals surface area contributed by atoms with Crippen LogP contribution in [0.25, 0.3) is 10.9 Å². The van der Waals surface area contributed by atoms with Gasteiger partial charge < -0.3 is 10.3 Å². The van der Waals surface area contributed by atoms with Crippen molar-refractivity contribution in [2.45, 2.75) is 20.4 Å². The normalized spacial score (nSPS) is 11.1. The van der Waals surface area contributed by atoms with Crippen molar-refractivity contribution in [2.75, 3.05) is 5.32 Å². The third-order valence-electron chi connectivity index (χ3n) is 3.30. The molecule has 0 atom stereocenters. The molecule has 0 bridgehead atoms. The molecular weight excluding hydrogens is 278 g/mol. The van der Waals surface area contributed by atoms with Gasteiger partial charge in [-0.1, -0.05) is 11.6 Å². The van der Waals surface area contributed by atoms with Crippen LogP contribution in [0.3, 0.4) is 0 Å². The van der Waals surface area contributed by atoms with Crippen LogP contribution in [0, 0.1) is 13.8 Å². The lowest BCUT2D eigenvalue weighted by Crippen LogP contribution is -1.96. The van der Waals surface area contributed by atoms with Crippen molar-refractivity contribution in [2.24, 2.45) is 0 Å². The number of fused-ring (bicyclic) bond motifs is 1. The number of H-pyrrole nitrogens is 1. The number of halogens is 1. The van der Waals surface area contributed by atoms with Gasteiger partial charge in [-0.15, -0.1) is 11.3 Å². The SMILES string of the molecule is Cc1[nH]c2ccc(NCc3cnc(Cl)s3)cc2c1C. The fourth-order valence-corrected chi connectivity index (χ4v) is 3.04. The van der Waals surface area contributed by atoms with Crippen molar-refractivity contribution in [1.82, 2.24) is 9.97 Å². The summed E-state index contributed by atoms with van der Waals surface area (Å²) in [7, 11) is 0. The first kappa shape index (κ1) is 12.5. The number of aromatic amines is 1. The summed E-state index contributed by atoms with van der Waals surface area (Å²) in [5.74, 6) is 0. The lowest BCUT2D eigenvalue weighted by atomic mass is 10.1. The zero-order valence-corrected chi connectivity index (χ0v) is 12.3. The zero-order valence-electron chi connectivity index (χ0n) is 10.7. The fraction of sp³-hybridized carbons (Fsp3) is 0.214. The van der Waals surface area contributed by atoms with Crippen molar-refractivity contribution in [3.05, 3.63) is 45.0 Å². The number of thiazole rings is 1. The molecule has 0 radical (unpaired) electrons. The summed E-state index contributed by atoms with van der Waals surface area (Å²) in [5, 5.41) is 4.67. The van der Waals surface area contributed by atoms with Gasteiger partial charge in [-0.2, -0.15) is 0 Å². The average Bonchev–Trinajstić information content (AvgIpc) is 2.93. The fourth-order valence-electron chi connectivity index (χ4n) is 2.13. The molecule has 0 aliphatic carbocycles. The number of hydrogen-bond donors (Lipinski definition) is 2. The van der Waals surface area contributed by atoms with Gasteiger partial charge in [-0.25, -0.2) is 4.98 Å². The Bertz CT molecular complexity index is 729. The number of aryl methyl sites for hydroxylation is 2. The molecule has 0 aliphatic rings. The molecule has 3 rings (SSSR count). The first-order valence-corrected chi connectivity index (χ1v) is 7.26. The minimum absolute atomic E-state index is 0.587. The summed E-state index contributed by atoms with van der Waals surface area (Å²) in [6.45, 7) is 4.99. The smallest absolute Gasteiger partial charge is 0.183 e. The summed E-state index contributed by atoms with van der Waals surface area (Å²) in [4.78, 5) is 8.54. The summed E-state index contributed by atoms with van der Waals surface area (Å²) < 4.78 is 0.587. The van der Waals surface area contributed by atoms with Gasteiger partial charge in [-0.05, 0) is 37.6 Å². The van der Waals surface area contributed by atoms with E-state index in [0.29, 0.717) is 4.47 Å². The highest BCUT2D eigenvalue weighted by atomic mass is 35.5. The van der Waals surface area contributed by atoms with Crippen LogP contribution >= 0.6 is 22.9 Å². The minimum Gasteiger partial charge on any atom is -0.380 e. The number of benzene rings is 1. The Morgan fingerprint density at radius 3 is 2.95 bits per heavy atom. The molecule has 3 nitrogen and oxygen atoms in total. The van der Waals surface area contributed by atoms with Crippen LogP contribution in [0.5, 0.6) is 0 Å². The van der Waals surface area contributed by atoms with Crippen LogP contribution in [-0.2, 0) is 6.54 Å². The molecule has 0 aliphatic heterocycles. The third kappa shape index (κ3) is 2.46. The Morgan fingerprint density at radius 2 is 2.21 bits per heavy atom. The van der Waals surface area contributed by atoms with Crippen LogP contribution in [0.4, 0.5) is 5.69 Å². The number of rotatable bonds is 3. The molecule has 0 amide bonds. The van der Waals surface area contributed by atoms with E-state index in [0.717, 1.165) is 17.1 Å². The maximum atomic E-state index is 5.82. The third-order valence-corrected chi connectivity index (χ3v) is 4.42. The number of nitrogens with zero attached hydrogens (tertiary/aromatic N) is 1. The molecule has 19 heavy (non-hydrogen) atoms. The molecule has 98 valence electrons. The first-order valence-electron chi connectivity index (χ1n) is 6.06. The van der Waals surface area contributed by atoms with Gasteiger partial charge in [0, 0.05) is 33.4 Å². The molecule has 1 aromatic carbocycles. The monoisotopic (exact) mass is 291 g/mol. The van der Waals surface area contributed by atoms with Crippen LogP contribution in [0.2, 0.25) is 4.47 Å². The predicted octanol–water partition coefficient (Wildman–Crippen LogP) is 4.51.